The number of hydrogen-bond acceptors (Lipinski definition) is 1. The predicted octanol–water partition coefficient (Wildman–Crippen LogP) is 2.46. The molecule has 0 bridgehead atoms. The summed E-state index contributed by atoms with van der Waals surface area (Å²) in [4.78, 5) is 3.27. The molecule has 1 aliphatic carbocycles. The predicted molar refractivity (Wildman–Crippen MR) is 39.7 cm³/mol. The minimum atomic E-state index is -2.74. The molecule has 0 heterocycles. The van der Waals surface area contributed by atoms with Gasteiger partial charge in [0.25, 0.3) is 0 Å². The minimum Gasteiger partial charge on any atom is -0.311 e. The molecule has 1 saturated carbocycles. The van der Waals surface area contributed by atoms with Crippen LogP contribution >= 0.6 is 0 Å². The summed E-state index contributed by atoms with van der Waals surface area (Å²) in [6.45, 7) is 4.03. The van der Waals surface area contributed by atoms with Crippen LogP contribution in [0.4, 0.5) is 8.78 Å². The maximum absolute atomic E-state index is 11.8. The Hall–Kier alpha value is -0.690. The largest absolute Gasteiger partial charge is 0.345 e. The van der Waals surface area contributed by atoms with Gasteiger partial charge in [0.2, 0.25) is 6.04 Å². The smallest absolute Gasteiger partial charge is 0.311 e. The standard InChI is InChI=1S/C8H11F2NO/c1-11-6-4-2-3-5-7(6)12-8(9)10/h6-8H,2-5H2. The van der Waals surface area contributed by atoms with Gasteiger partial charge in [0.05, 0.1) is 0 Å². The first-order chi connectivity index (χ1) is 5.74. The van der Waals surface area contributed by atoms with Crippen LogP contribution in [-0.2, 0) is 4.74 Å². The molecule has 0 amide bonds. The second-order valence-electron chi connectivity index (χ2n) is 2.92. The highest BCUT2D eigenvalue weighted by molar-refractivity contribution is 4.89. The molecule has 0 radical (unpaired) electrons. The van der Waals surface area contributed by atoms with Crippen LogP contribution in [0.3, 0.4) is 0 Å². The highest BCUT2D eigenvalue weighted by atomic mass is 19.3. The molecule has 1 rings (SSSR count). The van der Waals surface area contributed by atoms with E-state index in [2.05, 4.69) is 9.58 Å². The van der Waals surface area contributed by atoms with Crippen molar-refractivity contribution in [2.45, 2.75) is 44.4 Å². The topological polar surface area (TPSA) is 13.6 Å². The van der Waals surface area contributed by atoms with Gasteiger partial charge in [0.1, 0.15) is 6.10 Å². The number of hydrogen-bond donors (Lipinski definition) is 0. The van der Waals surface area contributed by atoms with Crippen LogP contribution in [0.1, 0.15) is 25.7 Å². The van der Waals surface area contributed by atoms with E-state index in [1.54, 1.807) is 0 Å². The summed E-state index contributed by atoms with van der Waals surface area (Å²) >= 11 is 0. The zero-order valence-electron chi connectivity index (χ0n) is 6.67. The number of halogens is 2. The van der Waals surface area contributed by atoms with Crippen LogP contribution in [-0.4, -0.2) is 18.8 Å². The van der Waals surface area contributed by atoms with Crippen LogP contribution in [0.25, 0.3) is 4.85 Å². The third-order valence-corrected chi connectivity index (χ3v) is 2.11. The van der Waals surface area contributed by atoms with Gasteiger partial charge in [0.15, 0.2) is 0 Å². The van der Waals surface area contributed by atoms with Crippen molar-refractivity contribution in [1.29, 1.82) is 0 Å². The van der Waals surface area contributed by atoms with Gasteiger partial charge in [-0.15, -0.1) is 0 Å². The molecule has 0 aromatic heterocycles. The summed E-state index contributed by atoms with van der Waals surface area (Å²) in [7, 11) is 0. The van der Waals surface area contributed by atoms with Crippen molar-refractivity contribution in [3.63, 3.8) is 0 Å². The van der Waals surface area contributed by atoms with E-state index < -0.39 is 12.7 Å². The first-order valence-corrected chi connectivity index (χ1v) is 4.04. The highest BCUT2D eigenvalue weighted by Crippen LogP contribution is 2.25. The number of nitrogens with zero attached hydrogens (tertiary/aromatic N) is 1. The zero-order chi connectivity index (χ0) is 8.97. The summed E-state index contributed by atoms with van der Waals surface area (Å²) in [5.74, 6) is 0. The van der Waals surface area contributed by atoms with Gasteiger partial charge in [-0.05, 0) is 12.8 Å². The Balaban J connectivity index is 2.43. The molecule has 1 aliphatic rings. The SMILES string of the molecule is [C-]#[N+]C1CCCCC1OC(F)F. The molecule has 2 unspecified atom stereocenters. The highest BCUT2D eigenvalue weighted by Gasteiger charge is 2.32. The molecular formula is C8H11F2NO. The van der Waals surface area contributed by atoms with E-state index in [1.165, 1.54) is 0 Å². The Kier molecular flexibility index (Phi) is 3.42. The second-order valence-corrected chi connectivity index (χ2v) is 2.92. The summed E-state index contributed by atoms with van der Waals surface area (Å²) in [5.41, 5.74) is 0. The van der Waals surface area contributed by atoms with Gasteiger partial charge >= 0.3 is 6.61 Å². The maximum atomic E-state index is 11.8. The molecular weight excluding hydrogens is 164 g/mol. The van der Waals surface area contributed by atoms with Crippen molar-refractivity contribution >= 4 is 0 Å². The fourth-order valence-electron chi connectivity index (χ4n) is 1.52. The Bertz CT molecular complexity index is 178. The Morgan fingerprint density at radius 3 is 2.58 bits per heavy atom. The van der Waals surface area contributed by atoms with Crippen molar-refractivity contribution in [3.05, 3.63) is 11.4 Å². The van der Waals surface area contributed by atoms with Crippen LogP contribution in [0.2, 0.25) is 0 Å². The molecule has 0 N–H and O–H groups in total. The summed E-state index contributed by atoms with van der Waals surface area (Å²) in [6.07, 6.45) is 2.59. The third-order valence-electron chi connectivity index (χ3n) is 2.11. The van der Waals surface area contributed by atoms with E-state index in [9.17, 15) is 8.78 Å². The van der Waals surface area contributed by atoms with Gasteiger partial charge in [-0.25, -0.2) is 6.57 Å². The summed E-state index contributed by atoms with van der Waals surface area (Å²) in [5, 5.41) is 0. The number of rotatable bonds is 2. The fraction of sp³-hybridized carbons (Fsp3) is 0.875. The van der Waals surface area contributed by atoms with E-state index in [0.717, 1.165) is 12.8 Å². The average molecular weight is 175 g/mol. The Morgan fingerprint density at radius 1 is 1.33 bits per heavy atom. The van der Waals surface area contributed by atoms with Crippen LogP contribution < -0.4 is 0 Å². The lowest BCUT2D eigenvalue weighted by atomic mass is 9.93. The third kappa shape index (κ3) is 2.42. The molecule has 0 aliphatic heterocycles. The molecule has 2 atom stereocenters. The monoisotopic (exact) mass is 175 g/mol. The molecule has 0 spiro atoms. The second kappa shape index (κ2) is 4.36. The van der Waals surface area contributed by atoms with Crippen molar-refractivity contribution < 1.29 is 13.5 Å². The maximum Gasteiger partial charge on any atom is 0.345 e. The summed E-state index contributed by atoms with van der Waals surface area (Å²) < 4.78 is 28.0. The minimum absolute atomic E-state index is 0.354. The molecule has 0 aromatic carbocycles. The number of ether oxygens (including phenoxy) is 1. The van der Waals surface area contributed by atoms with E-state index in [1.807, 2.05) is 0 Å². The molecule has 2 nitrogen and oxygen atoms in total. The normalized spacial score (nSPS) is 30.2. The van der Waals surface area contributed by atoms with Gasteiger partial charge < -0.3 is 9.58 Å². The Labute approximate surface area is 70.3 Å². The first-order valence-electron chi connectivity index (χ1n) is 4.04. The van der Waals surface area contributed by atoms with Crippen molar-refractivity contribution in [2.75, 3.05) is 0 Å². The van der Waals surface area contributed by atoms with Crippen molar-refractivity contribution in [3.8, 4) is 0 Å². The van der Waals surface area contributed by atoms with Gasteiger partial charge in [-0.2, -0.15) is 8.78 Å². The van der Waals surface area contributed by atoms with Gasteiger partial charge in [-0.1, -0.05) is 6.42 Å². The van der Waals surface area contributed by atoms with Gasteiger partial charge in [-0.3, -0.25) is 0 Å². The van der Waals surface area contributed by atoms with Crippen molar-refractivity contribution in [1.82, 2.24) is 0 Å². The van der Waals surface area contributed by atoms with Crippen LogP contribution in [0, 0.1) is 6.57 Å². The lowest BCUT2D eigenvalue weighted by Gasteiger charge is -2.22. The lowest BCUT2D eigenvalue weighted by molar-refractivity contribution is -0.170. The number of alkyl halides is 2. The zero-order valence-corrected chi connectivity index (χ0v) is 6.67. The Morgan fingerprint density at radius 2 is 2.00 bits per heavy atom. The van der Waals surface area contributed by atoms with E-state index in [0.29, 0.717) is 12.8 Å². The van der Waals surface area contributed by atoms with E-state index in [-0.39, 0.29) is 6.04 Å². The molecule has 4 heteroatoms. The van der Waals surface area contributed by atoms with E-state index in [4.69, 9.17) is 6.57 Å². The molecule has 1 fully saturated rings. The molecule has 0 aromatic rings. The van der Waals surface area contributed by atoms with Crippen LogP contribution in [0.5, 0.6) is 0 Å². The van der Waals surface area contributed by atoms with E-state index >= 15 is 0 Å². The van der Waals surface area contributed by atoms with Crippen LogP contribution in [0.15, 0.2) is 0 Å². The molecule has 68 valence electrons. The lowest BCUT2D eigenvalue weighted by Crippen LogP contribution is -2.31. The quantitative estimate of drug-likeness (QED) is 0.588. The van der Waals surface area contributed by atoms with Crippen molar-refractivity contribution in [2.24, 2.45) is 0 Å². The summed E-state index contributed by atoms with van der Waals surface area (Å²) in [6, 6.07) is -0.354. The van der Waals surface area contributed by atoms with Gasteiger partial charge in [0, 0.05) is 6.42 Å². The average Bonchev–Trinajstić information content (AvgIpc) is 2.04. The first kappa shape index (κ1) is 9.40. The fourth-order valence-corrected chi connectivity index (χ4v) is 1.52. The molecule has 12 heavy (non-hydrogen) atoms. The molecule has 0 saturated heterocycles.